The predicted molar refractivity (Wildman–Crippen MR) is 94.8 cm³/mol. The molecule has 24 heavy (non-hydrogen) atoms. The molecule has 0 aliphatic heterocycles. The van der Waals surface area contributed by atoms with Crippen molar-refractivity contribution in [2.75, 3.05) is 0 Å². The van der Waals surface area contributed by atoms with Gasteiger partial charge in [-0.2, -0.15) is 0 Å². The summed E-state index contributed by atoms with van der Waals surface area (Å²) < 4.78 is 1.92. The number of carbonyl (C=O) groups excluding carboxylic acids is 1. The van der Waals surface area contributed by atoms with Gasteiger partial charge >= 0.3 is 0 Å². The molecule has 2 aliphatic carbocycles. The van der Waals surface area contributed by atoms with E-state index in [0.29, 0.717) is 5.92 Å². The Kier molecular flexibility index (Phi) is 4.24. The molecule has 2 saturated carbocycles. The fourth-order valence-corrected chi connectivity index (χ4v) is 5.31. The molecule has 2 heterocycles. The van der Waals surface area contributed by atoms with Crippen LogP contribution in [0.15, 0.2) is 29.6 Å². The topological polar surface area (TPSA) is 59.3 Å². The normalized spacial score (nSPS) is 28.2. The molecule has 128 valence electrons. The van der Waals surface area contributed by atoms with Gasteiger partial charge in [0.15, 0.2) is 10.8 Å². The minimum atomic E-state index is -0.182. The Balaban J connectivity index is 1.37. The van der Waals surface area contributed by atoms with Gasteiger partial charge < -0.3 is 5.32 Å². The highest BCUT2D eigenvalue weighted by Gasteiger charge is 2.42. The van der Waals surface area contributed by atoms with Crippen LogP contribution in [0.5, 0.6) is 0 Å². The molecule has 5 nitrogen and oxygen atoms in total. The molecule has 0 spiro atoms. The van der Waals surface area contributed by atoms with Crippen LogP contribution in [0, 0.1) is 17.8 Å². The van der Waals surface area contributed by atoms with Crippen LogP contribution in [0.2, 0.25) is 0 Å². The molecular formula is C18H24N4OS. The number of nitrogens with zero attached hydrogens (tertiary/aromatic N) is 3. The first kappa shape index (κ1) is 15.9. The van der Waals surface area contributed by atoms with Gasteiger partial charge in [-0.15, -0.1) is 10.2 Å². The molecule has 1 amide bonds. The summed E-state index contributed by atoms with van der Waals surface area (Å²) in [7, 11) is 0. The lowest BCUT2D eigenvalue weighted by Gasteiger charge is -2.29. The molecule has 5 atom stereocenters. The standard InChI is InChI=1S/C18H24N4OS/c1-11(15-10-13-6-7-14(15)9-13)19-17(23)12(2)24-18-21-20-16-5-3-4-8-22(16)18/h3-5,8,11-15H,6-7,9-10H2,1-2H3,(H,19,23)/t11-,12-,13-,14-,15+/m0/s1. The van der Waals surface area contributed by atoms with Gasteiger partial charge in [-0.1, -0.05) is 24.2 Å². The van der Waals surface area contributed by atoms with Crippen molar-refractivity contribution < 1.29 is 4.79 Å². The minimum Gasteiger partial charge on any atom is -0.352 e. The summed E-state index contributed by atoms with van der Waals surface area (Å²) in [5.74, 6) is 2.50. The molecule has 0 radical (unpaired) electrons. The monoisotopic (exact) mass is 344 g/mol. The summed E-state index contributed by atoms with van der Waals surface area (Å²) in [5.41, 5.74) is 0.808. The molecule has 2 aromatic heterocycles. The van der Waals surface area contributed by atoms with Crippen LogP contribution in [0.4, 0.5) is 0 Å². The Hall–Kier alpha value is -1.56. The number of hydrogen-bond acceptors (Lipinski definition) is 4. The first-order valence-corrected chi connectivity index (χ1v) is 9.76. The number of fused-ring (bicyclic) bond motifs is 3. The summed E-state index contributed by atoms with van der Waals surface area (Å²) >= 11 is 1.46. The van der Waals surface area contributed by atoms with Gasteiger partial charge in [0.25, 0.3) is 0 Å². The zero-order valence-electron chi connectivity index (χ0n) is 14.2. The average Bonchev–Trinajstić information content (AvgIpc) is 3.30. The Morgan fingerprint density at radius 3 is 2.92 bits per heavy atom. The highest BCUT2D eigenvalue weighted by atomic mass is 32.2. The van der Waals surface area contributed by atoms with Gasteiger partial charge in [-0.25, -0.2) is 0 Å². The molecule has 0 aromatic carbocycles. The quantitative estimate of drug-likeness (QED) is 0.847. The van der Waals surface area contributed by atoms with Crippen LogP contribution in [-0.4, -0.2) is 31.8 Å². The lowest BCUT2D eigenvalue weighted by atomic mass is 9.84. The smallest absolute Gasteiger partial charge is 0.233 e. The number of aromatic nitrogens is 3. The maximum absolute atomic E-state index is 12.6. The number of carbonyl (C=O) groups is 1. The molecular weight excluding hydrogens is 320 g/mol. The van der Waals surface area contributed by atoms with Gasteiger partial charge in [0.05, 0.1) is 5.25 Å². The van der Waals surface area contributed by atoms with Crippen LogP contribution >= 0.6 is 11.8 Å². The van der Waals surface area contributed by atoms with Crippen LogP contribution in [0.3, 0.4) is 0 Å². The van der Waals surface area contributed by atoms with Crippen molar-refractivity contribution >= 4 is 23.3 Å². The van der Waals surface area contributed by atoms with E-state index in [1.807, 2.05) is 35.7 Å². The van der Waals surface area contributed by atoms with Crippen molar-refractivity contribution in [2.45, 2.75) is 56.0 Å². The molecule has 1 N–H and O–H groups in total. The average molecular weight is 344 g/mol. The third-order valence-electron chi connectivity index (χ3n) is 5.74. The SMILES string of the molecule is C[C@H](Sc1nnc2ccccn12)C(=O)N[C@@H](C)[C@H]1C[C@H]2CC[C@H]1C2. The van der Waals surface area contributed by atoms with Gasteiger partial charge in [0.1, 0.15) is 0 Å². The molecule has 6 heteroatoms. The van der Waals surface area contributed by atoms with E-state index in [0.717, 1.165) is 22.6 Å². The molecule has 4 rings (SSSR count). The lowest BCUT2D eigenvalue weighted by Crippen LogP contribution is -2.43. The Morgan fingerprint density at radius 1 is 1.29 bits per heavy atom. The fraction of sp³-hybridized carbons (Fsp3) is 0.611. The van der Waals surface area contributed by atoms with Crippen molar-refractivity contribution in [3.05, 3.63) is 24.4 Å². The summed E-state index contributed by atoms with van der Waals surface area (Å²) in [5, 5.41) is 12.2. The molecule has 2 fully saturated rings. The van der Waals surface area contributed by atoms with E-state index >= 15 is 0 Å². The number of hydrogen-bond donors (Lipinski definition) is 1. The maximum Gasteiger partial charge on any atom is 0.233 e. The minimum absolute atomic E-state index is 0.1000. The maximum atomic E-state index is 12.6. The molecule has 0 saturated heterocycles. The zero-order chi connectivity index (χ0) is 16.7. The van der Waals surface area contributed by atoms with Gasteiger partial charge in [0, 0.05) is 12.2 Å². The summed E-state index contributed by atoms with van der Waals surface area (Å²) in [6.45, 7) is 4.12. The van der Waals surface area contributed by atoms with Crippen molar-refractivity contribution in [1.29, 1.82) is 0 Å². The van der Waals surface area contributed by atoms with Gasteiger partial charge in [-0.05, 0) is 63.0 Å². The van der Waals surface area contributed by atoms with E-state index < -0.39 is 0 Å². The number of thioether (sulfide) groups is 1. The predicted octanol–water partition coefficient (Wildman–Crippen LogP) is 3.15. The van der Waals surface area contributed by atoms with Crippen molar-refractivity contribution in [1.82, 2.24) is 19.9 Å². The van der Waals surface area contributed by atoms with Crippen LogP contribution < -0.4 is 5.32 Å². The van der Waals surface area contributed by atoms with Gasteiger partial charge in [-0.3, -0.25) is 9.20 Å². The molecule has 2 bridgehead atoms. The van der Waals surface area contributed by atoms with Crippen LogP contribution in [0.1, 0.15) is 39.5 Å². The van der Waals surface area contributed by atoms with E-state index in [4.69, 9.17) is 0 Å². The van der Waals surface area contributed by atoms with Crippen molar-refractivity contribution in [3.63, 3.8) is 0 Å². The number of amides is 1. The van der Waals surface area contributed by atoms with E-state index in [1.54, 1.807) is 0 Å². The Bertz CT molecular complexity index is 745. The zero-order valence-corrected chi connectivity index (χ0v) is 15.0. The summed E-state index contributed by atoms with van der Waals surface area (Å²) in [6.07, 6.45) is 7.35. The highest BCUT2D eigenvalue weighted by molar-refractivity contribution is 8.00. The fourth-order valence-electron chi connectivity index (χ4n) is 4.47. The Morgan fingerprint density at radius 2 is 2.17 bits per heavy atom. The van der Waals surface area contributed by atoms with Crippen LogP contribution in [0.25, 0.3) is 5.65 Å². The largest absolute Gasteiger partial charge is 0.352 e. The highest BCUT2D eigenvalue weighted by Crippen LogP contribution is 2.49. The summed E-state index contributed by atoms with van der Waals surface area (Å²) in [4.78, 5) is 12.6. The number of pyridine rings is 1. The number of rotatable bonds is 5. The van der Waals surface area contributed by atoms with Crippen molar-refractivity contribution in [2.24, 2.45) is 17.8 Å². The second kappa shape index (κ2) is 6.39. The molecule has 2 aliphatic rings. The van der Waals surface area contributed by atoms with E-state index in [9.17, 15) is 4.79 Å². The van der Waals surface area contributed by atoms with Crippen molar-refractivity contribution in [3.8, 4) is 0 Å². The van der Waals surface area contributed by atoms with E-state index in [-0.39, 0.29) is 17.2 Å². The van der Waals surface area contributed by atoms with Crippen LogP contribution in [-0.2, 0) is 4.79 Å². The third-order valence-corrected chi connectivity index (χ3v) is 6.80. The Labute approximate surface area is 146 Å². The third kappa shape index (κ3) is 2.92. The first-order chi connectivity index (χ1) is 11.6. The van der Waals surface area contributed by atoms with E-state index in [1.165, 1.54) is 37.4 Å². The molecule has 2 aromatic rings. The number of nitrogens with one attached hydrogen (secondary N) is 1. The van der Waals surface area contributed by atoms with Gasteiger partial charge in [0.2, 0.25) is 5.91 Å². The second-order valence-electron chi connectivity index (χ2n) is 7.31. The summed E-state index contributed by atoms with van der Waals surface area (Å²) in [6, 6.07) is 6.07. The second-order valence-corrected chi connectivity index (χ2v) is 8.62. The lowest BCUT2D eigenvalue weighted by molar-refractivity contribution is -0.121. The van der Waals surface area contributed by atoms with E-state index in [2.05, 4.69) is 22.4 Å². The molecule has 0 unspecified atom stereocenters. The first-order valence-electron chi connectivity index (χ1n) is 8.88.